The van der Waals surface area contributed by atoms with Crippen LogP contribution >= 0.6 is 0 Å². The van der Waals surface area contributed by atoms with Crippen LogP contribution in [0.15, 0.2) is 0 Å². The molecule has 0 aliphatic heterocycles. The summed E-state index contributed by atoms with van der Waals surface area (Å²) >= 11 is 0. The number of carbonyl (C=O) groups is 1. The number of esters is 1. The molecule has 0 aromatic heterocycles. The molecule has 0 radical (unpaired) electrons. The van der Waals surface area contributed by atoms with Crippen LogP contribution < -0.4 is 0 Å². The van der Waals surface area contributed by atoms with Crippen LogP contribution in [0, 0.1) is 0 Å². The Labute approximate surface area is 130 Å². The lowest BCUT2D eigenvalue weighted by Gasteiger charge is -2.30. The molecule has 10 heteroatoms. The standard InChI is InChI=1S/C13H20F6O4/c1-3-4-7-22-8-5-6-9-23-13(18,19)12(16,17)11(14,15)10(20)21-2/h3-9H2,1-2H3. The van der Waals surface area contributed by atoms with Crippen molar-refractivity contribution in [3.8, 4) is 0 Å². The molecule has 0 spiro atoms. The van der Waals surface area contributed by atoms with Crippen LogP contribution in [0.3, 0.4) is 0 Å². The van der Waals surface area contributed by atoms with Gasteiger partial charge in [0.2, 0.25) is 0 Å². The van der Waals surface area contributed by atoms with Crippen molar-refractivity contribution in [1.29, 1.82) is 0 Å². The van der Waals surface area contributed by atoms with E-state index in [1.807, 2.05) is 6.92 Å². The van der Waals surface area contributed by atoms with Crippen molar-refractivity contribution in [3.63, 3.8) is 0 Å². The van der Waals surface area contributed by atoms with Gasteiger partial charge in [-0.15, -0.1) is 0 Å². The number of carbonyl (C=O) groups excluding carboxylic acids is 1. The smallest absolute Gasteiger partial charge is 0.426 e. The Morgan fingerprint density at radius 1 is 0.913 bits per heavy atom. The minimum Gasteiger partial charge on any atom is -0.464 e. The van der Waals surface area contributed by atoms with E-state index in [4.69, 9.17) is 4.74 Å². The maximum Gasteiger partial charge on any atom is 0.426 e. The first-order valence-electron chi connectivity index (χ1n) is 6.98. The minimum absolute atomic E-state index is 0.0956. The predicted octanol–water partition coefficient (Wildman–Crippen LogP) is 3.64. The van der Waals surface area contributed by atoms with Crippen molar-refractivity contribution >= 4 is 5.97 Å². The second-order valence-corrected chi connectivity index (χ2v) is 4.68. The average molecular weight is 354 g/mol. The molecule has 0 atom stereocenters. The summed E-state index contributed by atoms with van der Waals surface area (Å²) < 4.78 is 90.9. The summed E-state index contributed by atoms with van der Waals surface area (Å²) in [5.74, 6) is -14.5. The summed E-state index contributed by atoms with van der Waals surface area (Å²) in [5, 5.41) is 0. The molecule has 0 fully saturated rings. The molecule has 0 saturated heterocycles. The number of hydrogen-bond donors (Lipinski definition) is 0. The number of ether oxygens (including phenoxy) is 3. The summed E-state index contributed by atoms with van der Waals surface area (Å²) in [4.78, 5) is 10.6. The van der Waals surface area contributed by atoms with Crippen LogP contribution in [0.4, 0.5) is 26.3 Å². The number of halogens is 6. The fourth-order valence-electron chi connectivity index (χ4n) is 1.38. The Morgan fingerprint density at radius 3 is 1.96 bits per heavy atom. The van der Waals surface area contributed by atoms with Gasteiger partial charge in [-0.1, -0.05) is 13.3 Å². The summed E-state index contributed by atoms with van der Waals surface area (Å²) in [6.07, 6.45) is -3.64. The number of methoxy groups -OCH3 is 1. The lowest BCUT2D eigenvalue weighted by Crippen LogP contribution is -2.59. The van der Waals surface area contributed by atoms with Crippen molar-refractivity contribution < 1.29 is 45.3 Å². The SMILES string of the molecule is CCCCOCCCCOC(F)(F)C(F)(F)C(F)(F)C(=O)OC. The minimum atomic E-state index is -6.04. The van der Waals surface area contributed by atoms with Gasteiger partial charge in [0, 0.05) is 13.2 Å². The highest BCUT2D eigenvalue weighted by Gasteiger charge is 2.77. The van der Waals surface area contributed by atoms with Crippen molar-refractivity contribution in [2.75, 3.05) is 26.9 Å². The Bertz CT molecular complexity index is 362. The first kappa shape index (κ1) is 22.0. The average Bonchev–Trinajstić information content (AvgIpc) is 2.48. The largest absolute Gasteiger partial charge is 0.464 e. The van der Waals surface area contributed by atoms with Crippen molar-refractivity contribution in [2.45, 2.75) is 50.6 Å². The van der Waals surface area contributed by atoms with Gasteiger partial charge in [-0.2, -0.15) is 26.3 Å². The number of unbranched alkanes of at least 4 members (excludes halogenated alkanes) is 2. The topological polar surface area (TPSA) is 44.8 Å². The molecule has 0 aromatic rings. The molecule has 0 aliphatic carbocycles. The third-order valence-electron chi connectivity index (χ3n) is 2.81. The van der Waals surface area contributed by atoms with E-state index in [9.17, 15) is 31.1 Å². The van der Waals surface area contributed by atoms with Gasteiger partial charge < -0.3 is 14.2 Å². The van der Waals surface area contributed by atoms with E-state index in [-0.39, 0.29) is 19.4 Å². The Hall–Kier alpha value is -1.03. The molecule has 0 saturated carbocycles. The van der Waals surface area contributed by atoms with Gasteiger partial charge in [-0.3, -0.25) is 0 Å². The van der Waals surface area contributed by atoms with Crippen molar-refractivity contribution in [1.82, 2.24) is 0 Å². The highest BCUT2D eigenvalue weighted by Crippen LogP contribution is 2.46. The first-order valence-corrected chi connectivity index (χ1v) is 6.98. The monoisotopic (exact) mass is 354 g/mol. The number of rotatable bonds is 12. The van der Waals surface area contributed by atoms with E-state index in [1.54, 1.807) is 0 Å². The van der Waals surface area contributed by atoms with E-state index in [0.29, 0.717) is 13.7 Å². The van der Waals surface area contributed by atoms with Crippen LogP contribution in [0.2, 0.25) is 0 Å². The maximum atomic E-state index is 13.2. The molecule has 0 unspecified atom stereocenters. The van der Waals surface area contributed by atoms with Crippen LogP contribution in [-0.2, 0) is 19.0 Å². The maximum absolute atomic E-state index is 13.2. The van der Waals surface area contributed by atoms with E-state index < -0.39 is 30.5 Å². The Balaban J connectivity index is 4.37. The van der Waals surface area contributed by atoms with Gasteiger partial charge in [0.15, 0.2) is 0 Å². The molecular weight excluding hydrogens is 334 g/mol. The summed E-state index contributed by atoms with van der Waals surface area (Å²) in [6, 6.07) is 0. The molecule has 0 heterocycles. The number of hydrogen-bond acceptors (Lipinski definition) is 4. The molecule has 0 amide bonds. The third kappa shape index (κ3) is 5.83. The van der Waals surface area contributed by atoms with Crippen LogP contribution in [-0.4, -0.2) is 50.9 Å². The Kier molecular flexibility index (Phi) is 8.89. The van der Waals surface area contributed by atoms with E-state index in [0.717, 1.165) is 12.8 Å². The molecule has 0 N–H and O–H groups in total. The lowest BCUT2D eigenvalue weighted by molar-refractivity contribution is -0.392. The predicted molar refractivity (Wildman–Crippen MR) is 67.8 cm³/mol. The fourth-order valence-corrected chi connectivity index (χ4v) is 1.38. The van der Waals surface area contributed by atoms with Crippen molar-refractivity contribution in [3.05, 3.63) is 0 Å². The van der Waals surface area contributed by atoms with Gasteiger partial charge in [0.1, 0.15) is 0 Å². The molecule has 23 heavy (non-hydrogen) atoms. The second-order valence-electron chi connectivity index (χ2n) is 4.68. The summed E-state index contributed by atoms with van der Waals surface area (Å²) in [6.45, 7) is 1.75. The molecule has 0 aromatic carbocycles. The van der Waals surface area contributed by atoms with Gasteiger partial charge in [0.05, 0.1) is 13.7 Å². The zero-order chi connectivity index (χ0) is 18.1. The summed E-state index contributed by atoms with van der Waals surface area (Å²) in [7, 11) is 0.379. The quantitative estimate of drug-likeness (QED) is 0.305. The molecule has 0 bridgehead atoms. The Morgan fingerprint density at radius 2 is 1.43 bits per heavy atom. The normalized spacial score (nSPS) is 13.2. The molecular formula is C13H20F6O4. The van der Waals surface area contributed by atoms with Gasteiger partial charge in [-0.05, 0) is 19.3 Å². The first-order chi connectivity index (χ1) is 10.5. The van der Waals surface area contributed by atoms with E-state index in [1.165, 1.54) is 0 Å². The van der Waals surface area contributed by atoms with E-state index >= 15 is 0 Å². The van der Waals surface area contributed by atoms with Gasteiger partial charge in [-0.25, -0.2) is 4.79 Å². The fraction of sp³-hybridized carbons (Fsp3) is 0.923. The van der Waals surface area contributed by atoms with Gasteiger partial charge >= 0.3 is 23.9 Å². The summed E-state index contributed by atoms with van der Waals surface area (Å²) in [5.41, 5.74) is 0. The van der Waals surface area contributed by atoms with Crippen LogP contribution in [0.5, 0.6) is 0 Å². The highest BCUT2D eigenvalue weighted by atomic mass is 19.3. The third-order valence-corrected chi connectivity index (χ3v) is 2.81. The molecule has 0 aliphatic rings. The van der Waals surface area contributed by atoms with Crippen molar-refractivity contribution in [2.24, 2.45) is 0 Å². The van der Waals surface area contributed by atoms with Crippen LogP contribution in [0.1, 0.15) is 32.6 Å². The zero-order valence-electron chi connectivity index (χ0n) is 12.9. The second kappa shape index (κ2) is 9.31. The zero-order valence-corrected chi connectivity index (χ0v) is 12.9. The highest BCUT2D eigenvalue weighted by molar-refractivity contribution is 5.79. The molecule has 4 nitrogen and oxygen atoms in total. The molecule has 0 rings (SSSR count). The molecule has 138 valence electrons. The lowest BCUT2D eigenvalue weighted by atomic mass is 10.1. The number of alkyl halides is 6. The van der Waals surface area contributed by atoms with E-state index in [2.05, 4.69) is 9.47 Å². The van der Waals surface area contributed by atoms with Gasteiger partial charge in [0.25, 0.3) is 0 Å². The van der Waals surface area contributed by atoms with Crippen LogP contribution in [0.25, 0.3) is 0 Å².